The Morgan fingerprint density at radius 1 is 1.69 bits per heavy atom. The lowest BCUT2D eigenvalue weighted by molar-refractivity contribution is -0.133. The lowest BCUT2D eigenvalue weighted by Gasteiger charge is -2.26. The van der Waals surface area contributed by atoms with E-state index in [4.69, 9.17) is 5.73 Å². The Morgan fingerprint density at radius 3 is 2.77 bits per heavy atom. The van der Waals surface area contributed by atoms with Gasteiger partial charge in [-0.2, -0.15) is 0 Å². The minimum atomic E-state index is -0.430. The van der Waals surface area contributed by atoms with Crippen molar-refractivity contribution in [2.24, 2.45) is 11.7 Å². The topological polar surface area (TPSA) is 63.4 Å². The highest BCUT2D eigenvalue weighted by atomic mass is 16.2. The molecule has 13 heavy (non-hydrogen) atoms. The zero-order valence-electron chi connectivity index (χ0n) is 8.12. The van der Waals surface area contributed by atoms with Crippen LogP contribution >= 0.6 is 0 Å². The van der Waals surface area contributed by atoms with Gasteiger partial charge in [-0.3, -0.25) is 9.59 Å². The highest BCUT2D eigenvalue weighted by Crippen LogP contribution is 2.24. The van der Waals surface area contributed by atoms with E-state index in [0.29, 0.717) is 12.3 Å². The number of carbonyl (C=O) groups excluding carboxylic acids is 2. The third kappa shape index (κ3) is 2.20. The molecule has 1 fully saturated rings. The van der Waals surface area contributed by atoms with Gasteiger partial charge in [0.15, 0.2) is 0 Å². The van der Waals surface area contributed by atoms with Gasteiger partial charge in [-0.1, -0.05) is 13.8 Å². The van der Waals surface area contributed by atoms with Crippen molar-refractivity contribution >= 4 is 11.8 Å². The third-order valence-electron chi connectivity index (χ3n) is 2.47. The zero-order chi connectivity index (χ0) is 10.0. The fourth-order valence-electron chi connectivity index (χ4n) is 1.82. The van der Waals surface area contributed by atoms with Crippen molar-refractivity contribution < 1.29 is 9.59 Å². The van der Waals surface area contributed by atoms with Gasteiger partial charge in [0.1, 0.15) is 0 Å². The molecule has 0 radical (unpaired) electrons. The highest BCUT2D eigenvalue weighted by molar-refractivity contribution is 5.85. The zero-order valence-corrected chi connectivity index (χ0v) is 8.12. The van der Waals surface area contributed by atoms with Crippen LogP contribution < -0.4 is 5.73 Å². The minimum absolute atomic E-state index is 0.0532. The number of likely N-dealkylation sites (tertiary alicyclic amines) is 1. The molecule has 0 aromatic carbocycles. The van der Waals surface area contributed by atoms with E-state index in [2.05, 4.69) is 13.8 Å². The molecule has 4 heteroatoms. The smallest absolute Gasteiger partial charge is 0.237 e. The summed E-state index contributed by atoms with van der Waals surface area (Å²) < 4.78 is 0. The molecule has 1 aliphatic rings. The standard InChI is InChI=1S/C9H16N2O2/c1-6(2)7-3-4-9(13)11(7)5-8(10)12/h6-7H,3-5H2,1-2H3,(H2,10,12). The van der Waals surface area contributed by atoms with Crippen molar-refractivity contribution in [2.45, 2.75) is 32.7 Å². The van der Waals surface area contributed by atoms with E-state index in [9.17, 15) is 9.59 Å². The molecule has 2 amide bonds. The third-order valence-corrected chi connectivity index (χ3v) is 2.47. The lowest BCUT2D eigenvalue weighted by atomic mass is 10.0. The molecule has 4 nitrogen and oxygen atoms in total. The molecule has 0 aliphatic carbocycles. The van der Waals surface area contributed by atoms with E-state index in [0.717, 1.165) is 6.42 Å². The molecule has 1 unspecified atom stereocenters. The molecule has 0 aromatic rings. The molecule has 74 valence electrons. The van der Waals surface area contributed by atoms with Gasteiger partial charge in [0.05, 0.1) is 6.54 Å². The minimum Gasteiger partial charge on any atom is -0.368 e. The van der Waals surface area contributed by atoms with E-state index in [1.807, 2.05) is 0 Å². The number of amides is 2. The molecular weight excluding hydrogens is 168 g/mol. The second kappa shape index (κ2) is 3.77. The van der Waals surface area contributed by atoms with E-state index in [-0.39, 0.29) is 18.5 Å². The number of hydrogen-bond acceptors (Lipinski definition) is 2. The Labute approximate surface area is 78.1 Å². The van der Waals surface area contributed by atoms with Crippen molar-refractivity contribution in [3.8, 4) is 0 Å². The second-order valence-electron chi connectivity index (χ2n) is 3.84. The van der Waals surface area contributed by atoms with Gasteiger partial charge in [-0.15, -0.1) is 0 Å². The van der Waals surface area contributed by atoms with Crippen LogP contribution in [-0.2, 0) is 9.59 Å². The summed E-state index contributed by atoms with van der Waals surface area (Å²) in [7, 11) is 0. The van der Waals surface area contributed by atoms with Crippen molar-refractivity contribution in [2.75, 3.05) is 6.54 Å². The van der Waals surface area contributed by atoms with Gasteiger partial charge in [0, 0.05) is 12.5 Å². The first-order valence-electron chi connectivity index (χ1n) is 4.60. The molecule has 1 atom stereocenters. The van der Waals surface area contributed by atoms with Gasteiger partial charge in [0.2, 0.25) is 11.8 Å². The molecular formula is C9H16N2O2. The Hall–Kier alpha value is -1.06. The van der Waals surface area contributed by atoms with Gasteiger partial charge < -0.3 is 10.6 Å². The summed E-state index contributed by atoms with van der Waals surface area (Å²) in [6.07, 6.45) is 1.40. The Bertz CT molecular complexity index is 226. The number of hydrogen-bond donors (Lipinski definition) is 1. The molecule has 1 saturated heterocycles. The van der Waals surface area contributed by atoms with Crippen LogP contribution in [0.3, 0.4) is 0 Å². The molecule has 2 N–H and O–H groups in total. The predicted molar refractivity (Wildman–Crippen MR) is 48.8 cm³/mol. The fourth-order valence-corrected chi connectivity index (χ4v) is 1.82. The average molecular weight is 184 g/mol. The number of nitrogens with zero attached hydrogens (tertiary/aromatic N) is 1. The normalized spacial score (nSPS) is 22.8. The van der Waals surface area contributed by atoms with E-state index < -0.39 is 5.91 Å². The van der Waals surface area contributed by atoms with E-state index in [1.165, 1.54) is 0 Å². The summed E-state index contributed by atoms with van der Waals surface area (Å²) in [6.45, 7) is 4.18. The first-order chi connectivity index (χ1) is 6.02. The van der Waals surface area contributed by atoms with Crippen LogP contribution in [-0.4, -0.2) is 29.3 Å². The maximum Gasteiger partial charge on any atom is 0.237 e. The number of primary amides is 1. The fraction of sp³-hybridized carbons (Fsp3) is 0.778. The molecule has 0 spiro atoms. The van der Waals surface area contributed by atoms with E-state index in [1.54, 1.807) is 4.90 Å². The number of carbonyl (C=O) groups is 2. The molecule has 1 rings (SSSR count). The van der Waals surface area contributed by atoms with Gasteiger partial charge >= 0.3 is 0 Å². The largest absolute Gasteiger partial charge is 0.368 e. The maximum absolute atomic E-state index is 11.3. The predicted octanol–water partition coefficient (Wildman–Crippen LogP) is 0.119. The molecule has 1 heterocycles. The first-order valence-corrected chi connectivity index (χ1v) is 4.60. The molecule has 0 bridgehead atoms. The van der Waals surface area contributed by atoms with Crippen molar-refractivity contribution in [3.63, 3.8) is 0 Å². The van der Waals surface area contributed by atoms with Crippen molar-refractivity contribution in [3.05, 3.63) is 0 Å². The number of nitrogens with two attached hydrogens (primary N) is 1. The summed E-state index contributed by atoms with van der Waals surface area (Å²) >= 11 is 0. The number of rotatable bonds is 3. The van der Waals surface area contributed by atoms with Gasteiger partial charge in [-0.05, 0) is 12.3 Å². The monoisotopic (exact) mass is 184 g/mol. The van der Waals surface area contributed by atoms with Crippen molar-refractivity contribution in [1.29, 1.82) is 0 Å². The first kappa shape index (κ1) is 10.0. The summed E-state index contributed by atoms with van der Waals surface area (Å²) in [5, 5.41) is 0. The average Bonchev–Trinajstić information content (AvgIpc) is 2.32. The summed E-state index contributed by atoms with van der Waals surface area (Å²) in [6, 6.07) is 0.194. The Balaban J connectivity index is 2.65. The quantitative estimate of drug-likeness (QED) is 0.677. The van der Waals surface area contributed by atoms with Crippen molar-refractivity contribution in [1.82, 2.24) is 4.90 Å². The van der Waals surface area contributed by atoms with Gasteiger partial charge in [0.25, 0.3) is 0 Å². The summed E-state index contributed by atoms with van der Waals surface area (Å²) in [5.74, 6) is 0.0178. The van der Waals surface area contributed by atoms with Crippen LogP contribution in [0.15, 0.2) is 0 Å². The molecule has 1 aliphatic heterocycles. The van der Waals surface area contributed by atoms with Crippen LogP contribution in [0, 0.1) is 5.92 Å². The second-order valence-corrected chi connectivity index (χ2v) is 3.84. The lowest BCUT2D eigenvalue weighted by Crippen LogP contribution is -2.42. The van der Waals surface area contributed by atoms with E-state index >= 15 is 0 Å². The van der Waals surface area contributed by atoms with Crippen LogP contribution in [0.5, 0.6) is 0 Å². The van der Waals surface area contributed by atoms with Crippen LogP contribution in [0.25, 0.3) is 0 Å². The summed E-state index contributed by atoms with van der Waals surface area (Å²) in [5.41, 5.74) is 5.06. The molecule has 0 saturated carbocycles. The van der Waals surface area contributed by atoms with Crippen LogP contribution in [0.4, 0.5) is 0 Å². The SMILES string of the molecule is CC(C)C1CCC(=O)N1CC(N)=O. The van der Waals surface area contributed by atoms with Crippen LogP contribution in [0.2, 0.25) is 0 Å². The maximum atomic E-state index is 11.3. The van der Waals surface area contributed by atoms with Crippen LogP contribution in [0.1, 0.15) is 26.7 Å². The molecule has 0 aromatic heterocycles. The Kier molecular flexibility index (Phi) is 2.90. The summed E-state index contributed by atoms with van der Waals surface area (Å²) in [4.78, 5) is 23.6. The van der Waals surface area contributed by atoms with Gasteiger partial charge in [-0.25, -0.2) is 0 Å². The highest BCUT2D eigenvalue weighted by Gasteiger charge is 2.33. The Morgan fingerprint density at radius 2 is 2.31 bits per heavy atom.